The Morgan fingerprint density at radius 3 is 2.70 bits per heavy atom. The number of benzene rings is 1. The van der Waals surface area contributed by atoms with Crippen molar-refractivity contribution in [2.75, 3.05) is 13.1 Å². The minimum atomic E-state index is -0.0437. The molecule has 3 rings (SSSR count). The molecule has 2 aromatic rings. The lowest BCUT2D eigenvalue weighted by molar-refractivity contribution is 0.0951. The number of nitrogens with one attached hydrogen (secondary N) is 1. The monoisotopic (exact) mass is 329 g/mol. The molecule has 0 spiro atoms. The first-order valence-corrected chi connectivity index (χ1v) is 9.09. The van der Waals surface area contributed by atoms with E-state index in [-0.39, 0.29) is 5.91 Å². The molecule has 1 saturated heterocycles. The number of aromatic nitrogens is 1. The Labute approximate surface area is 141 Å². The summed E-state index contributed by atoms with van der Waals surface area (Å²) < 4.78 is 0. The molecule has 1 aliphatic rings. The molecule has 1 aliphatic heterocycles. The van der Waals surface area contributed by atoms with Crippen LogP contribution in [-0.4, -0.2) is 28.9 Å². The smallest absolute Gasteiger partial charge is 0.251 e. The molecule has 1 aromatic heterocycles. The Balaban J connectivity index is 1.50. The molecule has 0 aliphatic carbocycles. The van der Waals surface area contributed by atoms with Gasteiger partial charge in [-0.3, -0.25) is 9.69 Å². The maximum Gasteiger partial charge on any atom is 0.251 e. The van der Waals surface area contributed by atoms with E-state index in [2.05, 4.69) is 20.6 Å². The Bertz CT molecular complexity index is 645. The zero-order valence-electron chi connectivity index (χ0n) is 13.5. The van der Waals surface area contributed by atoms with Crippen LogP contribution >= 0.6 is 11.3 Å². The number of nitrogens with zero attached hydrogens (tertiary/aromatic N) is 2. The van der Waals surface area contributed by atoms with Crippen LogP contribution in [0, 0.1) is 6.92 Å². The first kappa shape index (κ1) is 16.1. The summed E-state index contributed by atoms with van der Waals surface area (Å²) in [5.74, 6) is -0.0437. The number of carbonyl (C=O) groups is 1. The summed E-state index contributed by atoms with van der Waals surface area (Å²) in [6, 6.07) is 7.62. The van der Waals surface area contributed by atoms with Crippen LogP contribution in [0.4, 0.5) is 0 Å². The molecule has 2 heterocycles. The van der Waals surface area contributed by atoms with Gasteiger partial charge in [-0.15, -0.1) is 11.3 Å². The molecule has 5 heteroatoms. The second-order valence-corrected chi connectivity index (χ2v) is 7.06. The molecular formula is C18H23N3OS. The molecule has 0 atom stereocenters. The van der Waals surface area contributed by atoms with Gasteiger partial charge in [-0.1, -0.05) is 24.1 Å². The lowest BCUT2D eigenvalue weighted by Gasteiger charge is -2.25. The fourth-order valence-corrected chi connectivity index (χ4v) is 3.54. The van der Waals surface area contributed by atoms with Crippen molar-refractivity contribution in [3.8, 4) is 0 Å². The molecule has 0 saturated carbocycles. The average molecular weight is 329 g/mol. The zero-order chi connectivity index (χ0) is 16.1. The van der Waals surface area contributed by atoms with E-state index in [0.717, 1.165) is 22.8 Å². The molecule has 4 nitrogen and oxygen atoms in total. The van der Waals surface area contributed by atoms with E-state index in [4.69, 9.17) is 0 Å². The fraction of sp³-hybridized carbons (Fsp3) is 0.444. The molecule has 1 N–H and O–H groups in total. The normalized spacial score (nSPS) is 15.5. The Hall–Kier alpha value is -1.72. The summed E-state index contributed by atoms with van der Waals surface area (Å²) in [7, 11) is 0. The van der Waals surface area contributed by atoms with Gasteiger partial charge in [0.2, 0.25) is 0 Å². The van der Waals surface area contributed by atoms with Gasteiger partial charge < -0.3 is 5.32 Å². The third-order valence-corrected chi connectivity index (χ3v) is 5.05. The van der Waals surface area contributed by atoms with Crippen LogP contribution in [0.15, 0.2) is 29.6 Å². The molecule has 122 valence electrons. The van der Waals surface area contributed by atoms with E-state index < -0.39 is 0 Å². The van der Waals surface area contributed by atoms with Crippen molar-refractivity contribution in [3.63, 3.8) is 0 Å². The van der Waals surface area contributed by atoms with Crippen molar-refractivity contribution in [3.05, 3.63) is 51.5 Å². The van der Waals surface area contributed by atoms with E-state index in [0.29, 0.717) is 12.1 Å². The highest BCUT2D eigenvalue weighted by Crippen LogP contribution is 2.15. The standard InChI is InChI=1S/C18H23N3OS/c1-14-5-7-15(8-6-14)18(22)19-11-17-20-16(13-23-17)12-21-9-3-2-4-10-21/h5-8,13H,2-4,9-12H2,1H3,(H,19,22). The summed E-state index contributed by atoms with van der Waals surface area (Å²) in [6.07, 6.45) is 3.94. The second kappa shape index (κ2) is 7.70. The van der Waals surface area contributed by atoms with Gasteiger partial charge >= 0.3 is 0 Å². The summed E-state index contributed by atoms with van der Waals surface area (Å²) in [6.45, 7) is 5.80. The Kier molecular flexibility index (Phi) is 5.41. The van der Waals surface area contributed by atoms with Gasteiger partial charge in [-0.25, -0.2) is 4.98 Å². The van der Waals surface area contributed by atoms with Gasteiger partial charge in [0, 0.05) is 17.5 Å². The largest absolute Gasteiger partial charge is 0.346 e. The van der Waals surface area contributed by atoms with Crippen LogP contribution in [0.1, 0.15) is 45.9 Å². The Morgan fingerprint density at radius 1 is 1.22 bits per heavy atom. The van der Waals surface area contributed by atoms with Gasteiger partial charge in [-0.2, -0.15) is 0 Å². The van der Waals surface area contributed by atoms with Crippen molar-refractivity contribution in [2.24, 2.45) is 0 Å². The van der Waals surface area contributed by atoms with Crippen LogP contribution in [0.2, 0.25) is 0 Å². The lowest BCUT2D eigenvalue weighted by Crippen LogP contribution is -2.29. The molecule has 1 aromatic carbocycles. The van der Waals surface area contributed by atoms with E-state index in [1.807, 2.05) is 31.2 Å². The first-order chi connectivity index (χ1) is 11.2. The number of hydrogen-bond donors (Lipinski definition) is 1. The summed E-state index contributed by atoms with van der Waals surface area (Å²) >= 11 is 1.63. The minimum absolute atomic E-state index is 0.0437. The van der Waals surface area contributed by atoms with Crippen LogP contribution in [0.25, 0.3) is 0 Å². The van der Waals surface area contributed by atoms with Crippen molar-refractivity contribution in [1.82, 2.24) is 15.2 Å². The fourth-order valence-electron chi connectivity index (χ4n) is 2.81. The van der Waals surface area contributed by atoms with E-state index in [9.17, 15) is 4.79 Å². The molecule has 23 heavy (non-hydrogen) atoms. The Morgan fingerprint density at radius 2 is 1.96 bits per heavy atom. The van der Waals surface area contributed by atoms with Crippen molar-refractivity contribution in [1.29, 1.82) is 0 Å². The molecule has 0 bridgehead atoms. The van der Waals surface area contributed by atoms with Gasteiger partial charge in [0.15, 0.2) is 0 Å². The predicted molar refractivity (Wildman–Crippen MR) is 93.6 cm³/mol. The molecule has 0 unspecified atom stereocenters. The zero-order valence-corrected chi connectivity index (χ0v) is 14.4. The summed E-state index contributed by atoms with van der Waals surface area (Å²) in [5, 5.41) is 6.03. The van der Waals surface area contributed by atoms with Gasteiger partial charge in [0.1, 0.15) is 5.01 Å². The third-order valence-electron chi connectivity index (χ3n) is 4.15. The lowest BCUT2D eigenvalue weighted by atomic mass is 10.1. The number of thiazole rings is 1. The van der Waals surface area contributed by atoms with Crippen molar-refractivity contribution in [2.45, 2.75) is 39.3 Å². The SMILES string of the molecule is Cc1ccc(C(=O)NCc2nc(CN3CCCCC3)cs2)cc1. The highest BCUT2D eigenvalue weighted by molar-refractivity contribution is 7.09. The van der Waals surface area contributed by atoms with Gasteiger partial charge in [0.05, 0.1) is 12.2 Å². The van der Waals surface area contributed by atoms with Crippen LogP contribution < -0.4 is 5.32 Å². The van der Waals surface area contributed by atoms with Crippen LogP contribution in [-0.2, 0) is 13.1 Å². The predicted octanol–water partition coefficient (Wildman–Crippen LogP) is 3.37. The topological polar surface area (TPSA) is 45.2 Å². The maximum absolute atomic E-state index is 12.1. The number of piperidine rings is 1. The quantitative estimate of drug-likeness (QED) is 0.915. The highest BCUT2D eigenvalue weighted by atomic mass is 32.1. The number of hydrogen-bond acceptors (Lipinski definition) is 4. The van der Waals surface area contributed by atoms with Gasteiger partial charge in [-0.05, 0) is 45.0 Å². The number of rotatable bonds is 5. The van der Waals surface area contributed by atoms with E-state index >= 15 is 0 Å². The number of likely N-dealkylation sites (tertiary alicyclic amines) is 1. The van der Waals surface area contributed by atoms with Crippen LogP contribution in [0.3, 0.4) is 0 Å². The second-order valence-electron chi connectivity index (χ2n) is 6.12. The number of aryl methyl sites for hydroxylation is 1. The highest BCUT2D eigenvalue weighted by Gasteiger charge is 2.13. The average Bonchev–Trinajstić information content (AvgIpc) is 3.02. The molecule has 1 amide bonds. The van der Waals surface area contributed by atoms with E-state index in [1.165, 1.54) is 32.4 Å². The van der Waals surface area contributed by atoms with E-state index in [1.54, 1.807) is 11.3 Å². The molecule has 1 fully saturated rings. The van der Waals surface area contributed by atoms with Crippen molar-refractivity contribution < 1.29 is 4.79 Å². The van der Waals surface area contributed by atoms with Crippen LogP contribution in [0.5, 0.6) is 0 Å². The molecule has 0 radical (unpaired) electrons. The minimum Gasteiger partial charge on any atom is -0.346 e. The maximum atomic E-state index is 12.1. The third kappa shape index (κ3) is 4.62. The summed E-state index contributed by atoms with van der Waals surface area (Å²) in [4.78, 5) is 19.2. The number of amides is 1. The van der Waals surface area contributed by atoms with Crippen molar-refractivity contribution >= 4 is 17.2 Å². The first-order valence-electron chi connectivity index (χ1n) is 8.21. The number of carbonyl (C=O) groups excluding carboxylic acids is 1. The summed E-state index contributed by atoms with van der Waals surface area (Å²) in [5.41, 5.74) is 2.97. The van der Waals surface area contributed by atoms with Gasteiger partial charge in [0.25, 0.3) is 5.91 Å². The molecular weight excluding hydrogens is 306 g/mol.